The van der Waals surface area contributed by atoms with Crippen LogP contribution in [-0.2, 0) is 19.6 Å². The van der Waals surface area contributed by atoms with Crippen LogP contribution in [0.3, 0.4) is 0 Å². The Hall–Kier alpha value is -1.59. The fourth-order valence-corrected chi connectivity index (χ4v) is 4.71. The van der Waals surface area contributed by atoms with Gasteiger partial charge in [0, 0.05) is 20.0 Å². The number of sulfonamides is 1. The van der Waals surface area contributed by atoms with Crippen molar-refractivity contribution in [2.45, 2.75) is 30.6 Å². The van der Waals surface area contributed by atoms with Gasteiger partial charge in [0.15, 0.2) is 0 Å². The predicted octanol–water partition coefficient (Wildman–Crippen LogP) is -0.604. The summed E-state index contributed by atoms with van der Waals surface area (Å²) in [7, 11) is -3.95. The smallest absolute Gasteiger partial charge is 0.273 e. The Kier molecular flexibility index (Phi) is 4.00. The van der Waals surface area contributed by atoms with E-state index in [1.807, 2.05) is 0 Å². The Labute approximate surface area is 125 Å². The SMILES string of the molecule is CC(=O)Nc1nnc(S(=O)(=O)N2CCNC(=O)C2(C)C)s1. The lowest BCUT2D eigenvalue weighted by molar-refractivity contribution is -0.131. The summed E-state index contributed by atoms with van der Waals surface area (Å²) in [6, 6.07) is 0. The van der Waals surface area contributed by atoms with Crippen molar-refractivity contribution in [3.63, 3.8) is 0 Å². The second kappa shape index (κ2) is 5.31. The van der Waals surface area contributed by atoms with Crippen LogP contribution in [0.15, 0.2) is 4.34 Å². The van der Waals surface area contributed by atoms with Gasteiger partial charge in [-0.05, 0) is 13.8 Å². The van der Waals surface area contributed by atoms with Gasteiger partial charge in [-0.15, -0.1) is 10.2 Å². The van der Waals surface area contributed by atoms with Crippen molar-refractivity contribution in [3.05, 3.63) is 0 Å². The average molecular weight is 333 g/mol. The second-order valence-corrected chi connectivity index (χ2v) is 7.96. The van der Waals surface area contributed by atoms with Gasteiger partial charge in [0.2, 0.25) is 21.3 Å². The highest BCUT2D eigenvalue weighted by molar-refractivity contribution is 7.91. The zero-order valence-corrected chi connectivity index (χ0v) is 13.3. The van der Waals surface area contributed by atoms with E-state index < -0.39 is 15.6 Å². The summed E-state index contributed by atoms with van der Waals surface area (Å²) in [5, 5.41) is 12.3. The van der Waals surface area contributed by atoms with E-state index in [1.54, 1.807) is 0 Å². The standard InChI is InChI=1S/C10H15N5O4S2/c1-6(16)12-8-13-14-9(20-8)21(18,19)15-5-4-11-7(17)10(15,2)3/h4-5H2,1-3H3,(H,11,17)(H,12,13,16). The first kappa shape index (κ1) is 15.8. The normalized spacial score (nSPS) is 19.1. The molecule has 1 aromatic heterocycles. The number of amides is 2. The molecule has 0 atom stereocenters. The fraction of sp³-hybridized carbons (Fsp3) is 0.600. The van der Waals surface area contributed by atoms with Gasteiger partial charge in [-0.3, -0.25) is 9.59 Å². The molecule has 0 radical (unpaired) electrons. The highest BCUT2D eigenvalue weighted by Crippen LogP contribution is 2.29. The van der Waals surface area contributed by atoms with Crippen LogP contribution in [0.2, 0.25) is 0 Å². The quantitative estimate of drug-likeness (QED) is 0.712. The molecule has 0 aromatic carbocycles. The minimum absolute atomic E-state index is 0.0975. The average Bonchev–Trinajstić information content (AvgIpc) is 2.80. The van der Waals surface area contributed by atoms with Crippen molar-refractivity contribution in [3.8, 4) is 0 Å². The number of aromatic nitrogens is 2. The lowest BCUT2D eigenvalue weighted by atomic mass is 10.0. The molecule has 0 bridgehead atoms. The first-order valence-corrected chi connectivity index (χ1v) is 8.33. The molecule has 1 aliphatic rings. The molecule has 2 rings (SSSR count). The summed E-state index contributed by atoms with van der Waals surface area (Å²) in [6.07, 6.45) is 0. The minimum atomic E-state index is -3.95. The minimum Gasteiger partial charge on any atom is -0.353 e. The molecule has 0 spiro atoms. The molecule has 9 nitrogen and oxygen atoms in total. The van der Waals surface area contributed by atoms with Gasteiger partial charge in [-0.2, -0.15) is 4.31 Å². The number of piperazine rings is 1. The fourth-order valence-electron chi connectivity index (χ4n) is 1.91. The van der Waals surface area contributed by atoms with Crippen molar-refractivity contribution < 1.29 is 18.0 Å². The van der Waals surface area contributed by atoms with E-state index >= 15 is 0 Å². The Morgan fingerprint density at radius 3 is 2.71 bits per heavy atom. The van der Waals surface area contributed by atoms with Gasteiger partial charge in [0.1, 0.15) is 5.54 Å². The van der Waals surface area contributed by atoms with Gasteiger partial charge < -0.3 is 10.6 Å². The summed E-state index contributed by atoms with van der Waals surface area (Å²) in [4.78, 5) is 22.8. The van der Waals surface area contributed by atoms with E-state index in [2.05, 4.69) is 20.8 Å². The molecule has 21 heavy (non-hydrogen) atoms. The molecule has 1 saturated heterocycles. The lowest BCUT2D eigenvalue weighted by Crippen LogP contribution is -2.63. The summed E-state index contributed by atoms with van der Waals surface area (Å²) in [6.45, 7) is 4.71. The summed E-state index contributed by atoms with van der Waals surface area (Å²) >= 11 is 0.748. The molecule has 1 fully saturated rings. The van der Waals surface area contributed by atoms with E-state index in [0.29, 0.717) is 0 Å². The maximum atomic E-state index is 12.6. The van der Waals surface area contributed by atoms with Gasteiger partial charge in [-0.1, -0.05) is 11.3 Å². The van der Waals surface area contributed by atoms with Crippen LogP contribution in [0, 0.1) is 0 Å². The Morgan fingerprint density at radius 1 is 1.43 bits per heavy atom. The van der Waals surface area contributed by atoms with Crippen molar-refractivity contribution in [1.29, 1.82) is 0 Å². The molecule has 2 N–H and O–H groups in total. The molecule has 0 aliphatic carbocycles. The predicted molar refractivity (Wildman–Crippen MR) is 75.2 cm³/mol. The summed E-state index contributed by atoms with van der Waals surface area (Å²) in [5.41, 5.74) is -1.21. The van der Waals surface area contributed by atoms with Crippen LogP contribution in [0.5, 0.6) is 0 Å². The van der Waals surface area contributed by atoms with Crippen molar-refractivity contribution in [1.82, 2.24) is 19.8 Å². The second-order valence-electron chi connectivity index (χ2n) is 4.95. The van der Waals surface area contributed by atoms with E-state index in [0.717, 1.165) is 15.6 Å². The number of anilines is 1. The van der Waals surface area contributed by atoms with Crippen LogP contribution >= 0.6 is 11.3 Å². The summed E-state index contributed by atoms with van der Waals surface area (Å²) in [5.74, 6) is -0.739. The number of nitrogens with one attached hydrogen (secondary N) is 2. The van der Waals surface area contributed by atoms with Gasteiger partial charge in [0.25, 0.3) is 10.0 Å². The maximum Gasteiger partial charge on any atom is 0.273 e. The molecule has 116 valence electrons. The Morgan fingerprint density at radius 2 is 2.10 bits per heavy atom. The molecule has 11 heteroatoms. The van der Waals surface area contributed by atoms with E-state index in [4.69, 9.17) is 0 Å². The van der Waals surface area contributed by atoms with Gasteiger partial charge >= 0.3 is 0 Å². The van der Waals surface area contributed by atoms with Crippen LogP contribution in [-0.4, -0.2) is 53.4 Å². The van der Waals surface area contributed by atoms with Crippen LogP contribution < -0.4 is 10.6 Å². The molecule has 1 aromatic rings. The highest BCUT2D eigenvalue weighted by Gasteiger charge is 2.46. The first-order valence-electron chi connectivity index (χ1n) is 6.08. The molecule has 0 saturated carbocycles. The number of rotatable bonds is 3. The number of carbonyl (C=O) groups excluding carboxylic acids is 2. The van der Waals surface area contributed by atoms with Crippen LogP contribution in [0.4, 0.5) is 5.13 Å². The molecule has 2 heterocycles. The molecular weight excluding hydrogens is 318 g/mol. The molecular formula is C10H15N5O4S2. The van der Waals surface area contributed by atoms with Crippen molar-refractivity contribution in [2.75, 3.05) is 18.4 Å². The number of carbonyl (C=O) groups is 2. The number of hydrogen-bond acceptors (Lipinski definition) is 7. The van der Waals surface area contributed by atoms with Crippen molar-refractivity contribution >= 4 is 38.3 Å². The van der Waals surface area contributed by atoms with Gasteiger partial charge in [0.05, 0.1) is 0 Å². The third kappa shape index (κ3) is 2.89. The lowest BCUT2D eigenvalue weighted by Gasteiger charge is -2.39. The Bertz CT molecular complexity index is 681. The van der Waals surface area contributed by atoms with E-state index in [-0.39, 0.29) is 34.4 Å². The topological polar surface area (TPSA) is 121 Å². The third-order valence-electron chi connectivity index (χ3n) is 2.98. The third-order valence-corrected chi connectivity index (χ3v) is 6.24. The molecule has 1 aliphatic heterocycles. The number of nitrogens with zero attached hydrogens (tertiary/aromatic N) is 3. The first-order chi connectivity index (χ1) is 9.65. The van der Waals surface area contributed by atoms with Crippen LogP contribution in [0.1, 0.15) is 20.8 Å². The molecule has 2 amide bonds. The van der Waals surface area contributed by atoms with Gasteiger partial charge in [-0.25, -0.2) is 8.42 Å². The maximum absolute atomic E-state index is 12.6. The zero-order valence-electron chi connectivity index (χ0n) is 11.7. The van der Waals surface area contributed by atoms with Crippen molar-refractivity contribution in [2.24, 2.45) is 0 Å². The zero-order chi connectivity index (χ0) is 15.8. The largest absolute Gasteiger partial charge is 0.353 e. The van der Waals surface area contributed by atoms with E-state index in [1.165, 1.54) is 20.8 Å². The number of hydrogen-bond donors (Lipinski definition) is 2. The Balaban J connectivity index is 2.35. The molecule has 0 unspecified atom stereocenters. The monoisotopic (exact) mass is 333 g/mol. The van der Waals surface area contributed by atoms with Crippen LogP contribution in [0.25, 0.3) is 0 Å². The van der Waals surface area contributed by atoms with E-state index in [9.17, 15) is 18.0 Å². The highest BCUT2D eigenvalue weighted by atomic mass is 32.2. The summed E-state index contributed by atoms with van der Waals surface area (Å²) < 4.78 is 26.0.